The van der Waals surface area contributed by atoms with Crippen LogP contribution in [0.1, 0.15) is 66.4 Å². The van der Waals surface area contributed by atoms with Crippen molar-refractivity contribution in [2.45, 2.75) is 62.0 Å². The van der Waals surface area contributed by atoms with Gasteiger partial charge in [-0.3, -0.25) is 9.52 Å². The molecule has 6 nitrogen and oxygen atoms in total. The quantitative estimate of drug-likeness (QED) is 0.352. The van der Waals surface area contributed by atoms with E-state index >= 15 is 0 Å². The Morgan fingerprint density at radius 2 is 2.00 bits per heavy atom. The van der Waals surface area contributed by atoms with Crippen LogP contribution < -0.4 is 14.4 Å². The zero-order chi connectivity index (χ0) is 27.9. The van der Waals surface area contributed by atoms with Crippen LogP contribution in [0.25, 0.3) is 0 Å². The van der Waals surface area contributed by atoms with Gasteiger partial charge >= 0.3 is 0 Å². The highest BCUT2D eigenvalue weighted by Gasteiger charge is 2.43. The Morgan fingerprint density at radius 1 is 1.15 bits per heavy atom. The summed E-state index contributed by atoms with van der Waals surface area (Å²) < 4.78 is 22.6. The first kappa shape index (κ1) is 27.7. The third-order valence-corrected chi connectivity index (χ3v) is 11.8. The fourth-order valence-electron chi connectivity index (χ4n) is 7.10. The maximum atomic E-state index is 13.4. The number of benzene rings is 2. The van der Waals surface area contributed by atoms with Gasteiger partial charge in [-0.25, -0.2) is 4.21 Å². The molecule has 1 unspecified atom stereocenters. The molecule has 8 heteroatoms. The Labute approximate surface area is 242 Å². The topological polar surface area (TPSA) is 78.9 Å². The number of nitrogens with zero attached hydrogens (tertiary/aromatic N) is 1. The maximum absolute atomic E-state index is 13.4. The second-order valence-electron chi connectivity index (χ2n) is 12.1. The number of allylic oxidation sites excluding steroid dienone is 2. The normalized spacial score (nSPS) is 33.0. The van der Waals surface area contributed by atoms with E-state index in [0.717, 1.165) is 55.2 Å². The Kier molecular flexibility index (Phi) is 7.66. The van der Waals surface area contributed by atoms with Gasteiger partial charge in [-0.1, -0.05) is 29.8 Å². The molecule has 0 saturated heterocycles. The van der Waals surface area contributed by atoms with Crippen LogP contribution >= 0.6 is 11.6 Å². The summed E-state index contributed by atoms with van der Waals surface area (Å²) in [5.41, 5.74) is 3.78. The number of aliphatic hydroxyl groups is 1. The molecule has 4 aliphatic rings. The molecule has 2 aliphatic heterocycles. The van der Waals surface area contributed by atoms with E-state index in [4.69, 9.17) is 16.3 Å². The lowest BCUT2D eigenvalue weighted by Crippen LogP contribution is -2.48. The molecule has 1 amide bonds. The van der Waals surface area contributed by atoms with Gasteiger partial charge in [-0.05, 0) is 111 Å². The molecule has 40 heavy (non-hydrogen) atoms. The summed E-state index contributed by atoms with van der Waals surface area (Å²) in [5, 5.41) is 10.1. The molecule has 1 saturated carbocycles. The number of nitrogens with one attached hydrogen (secondary N) is 1. The third kappa shape index (κ3) is 5.28. The Morgan fingerprint density at radius 3 is 2.80 bits per heavy atom. The molecule has 2 aromatic rings. The standard InChI is InChI=1S/C32H39ClN2O4S/c1-40(38)27(19-36)8-4-2-3-6-22-9-10-25(22)18-35-20-32(15-5-7-23-16-26(33)12-13-28(23)32)21-39-30-14-11-24(17-29(30)35)31(37)34-40/h2-3,11-14,16-17,22,25,27,36H,1,4-10,15,18-21H2,(H,34,37,38)/b3-2-/t22-,25+,27-,32+,40?/m1/s1. The molecule has 6 rings (SSSR count). The highest BCUT2D eigenvalue weighted by Crippen LogP contribution is 2.46. The fraction of sp³-hybridized carbons (Fsp3) is 0.500. The van der Waals surface area contributed by atoms with Crippen molar-refractivity contribution >= 4 is 38.8 Å². The summed E-state index contributed by atoms with van der Waals surface area (Å²) in [7, 11) is -3.05. The van der Waals surface area contributed by atoms with E-state index in [2.05, 4.69) is 39.8 Å². The second kappa shape index (κ2) is 11.1. The van der Waals surface area contributed by atoms with Crippen molar-refractivity contribution in [2.24, 2.45) is 11.8 Å². The molecule has 214 valence electrons. The Bertz CT molecular complexity index is 1420. The number of hydrogen-bond acceptors (Lipinski definition) is 5. The first-order valence-corrected chi connectivity index (χ1v) is 16.7. The number of amides is 1. The number of hydrogen-bond donors (Lipinski definition) is 2. The number of halogens is 1. The average molecular weight is 583 g/mol. The lowest BCUT2D eigenvalue weighted by atomic mass is 9.69. The van der Waals surface area contributed by atoms with Crippen LogP contribution in [0.15, 0.2) is 48.6 Å². The summed E-state index contributed by atoms with van der Waals surface area (Å²) >= 11 is 6.39. The molecule has 2 aliphatic carbocycles. The first-order chi connectivity index (χ1) is 19.3. The number of rotatable bonds is 1. The molecule has 1 spiro atoms. The number of ether oxygens (including phenoxy) is 1. The van der Waals surface area contributed by atoms with Crippen molar-refractivity contribution in [1.29, 1.82) is 0 Å². The van der Waals surface area contributed by atoms with Gasteiger partial charge in [0.2, 0.25) is 0 Å². The molecular weight excluding hydrogens is 544 g/mol. The van der Waals surface area contributed by atoms with E-state index in [0.29, 0.717) is 36.8 Å². The predicted octanol–water partition coefficient (Wildman–Crippen LogP) is 5.30. The van der Waals surface area contributed by atoms with Gasteiger partial charge in [-0.2, -0.15) is 0 Å². The average Bonchev–Trinajstić information content (AvgIpc) is 3.06. The van der Waals surface area contributed by atoms with Crippen LogP contribution in [-0.4, -0.2) is 52.6 Å². The smallest absolute Gasteiger partial charge is 0.262 e. The summed E-state index contributed by atoms with van der Waals surface area (Å²) in [4.78, 5) is 15.8. The molecule has 0 radical (unpaired) electrons. The number of anilines is 1. The minimum atomic E-state index is -3.05. The van der Waals surface area contributed by atoms with Gasteiger partial charge in [-0.15, -0.1) is 0 Å². The molecule has 5 atom stereocenters. The zero-order valence-corrected chi connectivity index (χ0v) is 24.5. The van der Waals surface area contributed by atoms with Gasteiger partial charge in [0.25, 0.3) is 5.91 Å². The van der Waals surface area contributed by atoms with Crippen molar-refractivity contribution in [3.8, 4) is 5.75 Å². The van der Waals surface area contributed by atoms with E-state index in [1.54, 1.807) is 6.07 Å². The minimum absolute atomic E-state index is 0.171. The minimum Gasteiger partial charge on any atom is -0.490 e. The maximum Gasteiger partial charge on any atom is 0.262 e. The fourth-order valence-corrected chi connectivity index (χ4v) is 8.65. The highest BCUT2D eigenvalue weighted by molar-refractivity contribution is 7.99. The van der Waals surface area contributed by atoms with Crippen molar-refractivity contribution in [3.05, 3.63) is 70.3 Å². The lowest BCUT2D eigenvalue weighted by molar-refractivity contribution is 0.0982. The van der Waals surface area contributed by atoms with Gasteiger partial charge in [0.15, 0.2) is 0 Å². The number of carbonyl (C=O) groups is 1. The summed E-state index contributed by atoms with van der Waals surface area (Å²) in [6.07, 6.45) is 12.1. The van der Waals surface area contributed by atoms with E-state index in [1.807, 2.05) is 18.2 Å². The summed E-state index contributed by atoms with van der Waals surface area (Å²) in [5.74, 6) is 5.34. The van der Waals surface area contributed by atoms with Gasteiger partial charge in [0.05, 0.1) is 33.9 Å². The van der Waals surface area contributed by atoms with Crippen LogP contribution in [0.4, 0.5) is 5.69 Å². The van der Waals surface area contributed by atoms with Gasteiger partial charge in [0.1, 0.15) is 5.75 Å². The molecule has 2 aromatic carbocycles. The predicted molar refractivity (Wildman–Crippen MR) is 163 cm³/mol. The number of aryl methyl sites for hydroxylation is 1. The van der Waals surface area contributed by atoms with E-state index < -0.39 is 20.9 Å². The van der Waals surface area contributed by atoms with Crippen LogP contribution in [0.3, 0.4) is 0 Å². The molecular formula is C32H39ClN2O4S. The van der Waals surface area contributed by atoms with Crippen molar-refractivity contribution < 1.29 is 18.8 Å². The summed E-state index contributed by atoms with van der Waals surface area (Å²) in [6, 6.07) is 11.8. The van der Waals surface area contributed by atoms with Crippen molar-refractivity contribution in [1.82, 2.24) is 4.72 Å². The van der Waals surface area contributed by atoms with E-state index in [9.17, 15) is 14.1 Å². The Balaban J connectivity index is 1.40. The van der Waals surface area contributed by atoms with Crippen LogP contribution in [0.2, 0.25) is 5.02 Å². The van der Waals surface area contributed by atoms with Crippen molar-refractivity contribution in [3.63, 3.8) is 0 Å². The van der Waals surface area contributed by atoms with Gasteiger partial charge < -0.3 is 14.7 Å². The SMILES string of the molecule is C=S1(=O)NC(=O)c2ccc3c(c2)N(C[C@@H]2CC[C@H]2C/C=C\CC[C@@H]1CO)C[C@@]1(CCCc2cc(Cl)ccc21)CO3. The Hall–Kier alpha value is -2.48. The lowest BCUT2D eigenvalue weighted by Gasteiger charge is -2.44. The van der Waals surface area contributed by atoms with E-state index in [1.165, 1.54) is 24.0 Å². The second-order valence-corrected chi connectivity index (χ2v) is 14.9. The van der Waals surface area contributed by atoms with Crippen LogP contribution in [0.5, 0.6) is 5.75 Å². The number of fused-ring (bicyclic) bond motifs is 4. The highest BCUT2D eigenvalue weighted by atomic mass is 35.5. The van der Waals surface area contributed by atoms with Crippen LogP contribution in [-0.2, 0) is 21.5 Å². The number of carbonyl (C=O) groups excluding carboxylic acids is 1. The van der Waals surface area contributed by atoms with Crippen molar-refractivity contribution in [2.75, 3.05) is 31.2 Å². The molecule has 2 heterocycles. The summed E-state index contributed by atoms with van der Waals surface area (Å²) in [6.45, 7) is 1.99. The van der Waals surface area contributed by atoms with Gasteiger partial charge in [0, 0.05) is 29.1 Å². The molecule has 1 fully saturated rings. The zero-order valence-electron chi connectivity index (χ0n) is 22.9. The van der Waals surface area contributed by atoms with E-state index in [-0.39, 0.29) is 12.0 Å². The number of aliphatic hydroxyl groups excluding tert-OH is 1. The molecule has 2 N–H and O–H groups in total. The monoisotopic (exact) mass is 582 g/mol. The molecule has 2 bridgehead atoms. The largest absolute Gasteiger partial charge is 0.490 e. The molecule has 0 aromatic heterocycles. The first-order valence-electron chi connectivity index (χ1n) is 14.5. The van der Waals surface area contributed by atoms with Crippen LogP contribution in [0, 0.1) is 11.8 Å². The third-order valence-electron chi connectivity index (χ3n) is 9.60.